The maximum absolute atomic E-state index is 12.2. The Balaban J connectivity index is 3.23. The lowest BCUT2D eigenvalue weighted by Gasteiger charge is -2.11. The molecule has 19 heavy (non-hydrogen) atoms. The first-order valence-electron chi connectivity index (χ1n) is 5.52. The number of hydrogen-bond donors (Lipinski definition) is 3. The van der Waals surface area contributed by atoms with Crippen LogP contribution in [-0.4, -0.2) is 30.5 Å². The Kier molecular flexibility index (Phi) is 4.34. The van der Waals surface area contributed by atoms with Gasteiger partial charge in [0.25, 0.3) is 0 Å². The summed E-state index contributed by atoms with van der Waals surface area (Å²) in [6, 6.07) is 1.32. The maximum Gasteiger partial charge on any atom is 0.352 e. The van der Waals surface area contributed by atoms with E-state index in [-0.39, 0.29) is 28.3 Å². The number of aromatic nitrogens is 1. The topological polar surface area (TPSA) is 123 Å². The van der Waals surface area contributed by atoms with Crippen LogP contribution >= 0.6 is 0 Å². The Labute approximate surface area is 111 Å². The lowest BCUT2D eigenvalue weighted by Crippen LogP contribution is -2.32. The van der Waals surface area contributed by atoms with Gasteiger partial charge in [-0.15, -0.1) is 0 Å². The third kappa shape index (κ3) is 3.13. The molecule has 0 amide bonds. The first-order valence-corrected chi connectivity index (χ1v) is 7.00. The van der Waals surface area contributed by atoms with E-state index in [4.69, 9.17) is 10.4 Å². The summed E-state index contributed by atoms with van der Waals surface area (Å²) < 4.78 is 26.7. The number of hydrogen-bond acceptors (Lipinski definition) is 4. The van der Waals surface area contributed by atoms with Gasteiger partial charge < -0.3 is 10.1 Å². The Morgan fingerprint density at radius 2 is 2.11 bits per heavy atom. The monoisotopic (exact) mass is 285 g/mol. The summed E-state index contributed by atoms with van der Waals surface area (Å²) in [5, 5.41) is 17.5. The van der Waals surface area contributed by atoms with Crippen LogP contribution in [0.25, 0.3) is 0 Å². The zero-order valence-electron chi connectivity index (χ0n) is 10.8. The summed E-state index contributed by atoms with van der Waals surface area (Å²) >= 11 is 0. The molecule has 0 radical (unpaired) electrons. The number of carboxylic acid groups (broad SMARTS) is 1. The highest BCUT2D eigenvalue weighted by atomic mass is 32.2. The molecule has 1 unspecified atom stereocenters. The molecule has 3 N–H and O–H groups in total. The molecule has 0 aromatic carbocycles. The molecule has 0 spiro atoms. The molecule has 7 nitrogen and oxygen atoms in total. The van der Waals surface area contributed by atoms with Crippen molar-refractivity contribution in [1.29, 1.82) is 5.26 Å². The maximum atomic E-state index is 12.2. The summed E-state index contributed by atoms with van der Waals surface area (Å²) in [7, 11) is -3.85. The zero-order chi connectivity index (χ0) is 14.8. The average Bonchev–Trinajstić information content (AvgIpc) is 2.54. The first-order chi connectivity index (χ1) is 8.70. The predicted octanol–water partition coefficient (Wildman–Crippen LogP) is 0.910. The minimum Gasteiger partial charge on any atom is -0.477 e. The molecule has 8 heteroatoms. The predicted molar refractivity (Wildman–Crippen MR) is 67.2 cm³/mol. The Morgan fingerprint density at radius 3 is 2.53 bits per heavy atom. The van der Waals surface area contributed by atoms with Crippen molar-refractivity contribution in [2.45, 2.75) is 38.1 Å². The van der Waals surface area contributed by atoms with Crippen LogP contribution in [0.3, 0.4) is 0 Å². The van der Waals surface area contributed by atoms with Crippen LogP contribution in [0.1, 0.15) is 35.1 Å². The summed E-state index contributed by atoms with van der Waals surface area (Å²) in [6.45, 7) is 4.48. The van der Waals surface area contributed by atoms with Gasteiger partial charge in [0.2, 0.25) is 10.0 Å². The van der Waals surface area contributed by atoms with Crippen molar-refractivity contribution < 1.29 is 18.3 Å². The van der Waals surface area contributed by atoms with E-state index in [0.717, 1.165) is 0 Å². The molecule has 0 aliphatic rings. The van der Waals surface area contributed by atoms with Gasteiger partial charge in [0, 0.05) is 17.3 Å². The smallest absolute Gasteiger partial charge is 0.352 e. The van der Waals surface area contributed by atoms with E-state index in [2.05, 4.69) is 9.71 Å². The number of sulfonamides is 1. The molecule has 0 bridgehead atoms. The zero-order valence-corrected chi connectivity index (χ0v) is 11.6. The second-order valence-corrected chi connectivity index (χ2v) is 5.92. The van der Waals surface area contributed by atoms with Gasteiger partial charge in [0.05, 0.1) is 12.5 Å². The number of carbonyl (C=O) groups is 1. The van der Waals surface area contributed by atoms with Gasteiger partial charge >= 0.3 is 5.97 Å². The normalized spacial score (nSPS) is 12.9. The number of H-pyrrole nitrogens is 1. The van der Waals surface area contributed by atoms with Crippen LogP contribution in [0, 0.1) is 25.2 Å². The van der Waals surface area contributed by atoms with E-state index >= 15 is 0 Å². The van der Waals surface area contributed by atoms with Crippen molar-refractivity contribution in [1.82, 2.24) is 9.71 Å². The standard InChI is InChI=1S/C11H15N3O4S/c1-6(4-5-12)14-19(17,18)10-7(2)9(11(15)16)13-8(10)3/h6,13-14H,4H2,1-3H3,(H,15,16). The largest absolute Gasteiger partial charge is 0.477 e. The fourth-order valence-corrected chi connectivity index (χ4v) is 3.54. The van der Waals surface area contributed by atoms with Gasteiger partial charge in [-0.2, -0.15) is 5.26 Å². The van der Waals surface area contributed by atoms with Gasteiger partial charge in [-0.3, -0.25) is 0 Å². The minimum atomic E-state index is -3.85. The molecule has 104 valence electrons. The molecule has 0 aliphatic heterocycles. The number of nitrogens with one attached hydrogen (secondary N) is 2. The molecule has 0 aliphatic carbocycles. The Bertz CT molecular complexity index is 640. The van der Waals surface area contributed by atoms with Crippen molar-refractivity contribution in [3.63, 3.8) is 0 Å². The minimum absolute atomic E-state index is 0.0353. The number of rotatable bonds is 5. The molecule has 1 aromatic rings. The van der Waals surface area contributed by atoms with Crippen LogP contribution in [0.2, 0.25) is 0 Å². The number of nitriles is 1. The van der Waals surface area contributed by atoms with Gasteiger partial charge in [0.1, 0.15) is 10.6 Å². The first kappa shape index (κ1) is 15.2. The highest BCUT2D eigenvalue weighted by Gasteiger charge is 2.27. The SMILES string of the molecule is Cc1[nH]c(C(=O)O)c(C)c1S(=O)(=O)NC(C)CC#N. The van der Waals surface area contributed by atoms with E-state index in [9.17, 15) is 13.2 Å². The number of aromatic carboxylic acids is 1. The molecule has 0 fully saturated rings. The van der Waals surface area contributed by atoms with Gasteiger partial charge in [-0.25, -0.2) is 17.9 Å². The van der Waals surface area contributed by atoms with Crippen LogP contribution in [-0.2, 0) is 10.0 Å². The molecular formula is C11H15N3O4S. The lowest BCUT2D eigenvalue weighted by molar-refractivity contribution is 0.0690. The highest BCUT2D eigenvalue weighted by Crippen LogP contribution is 2.23. The third-order valence-corrected chi connectivity index (χ3v) is 4.47. The van der Waals surface area contributed by atoms with Crippen molar-refractivity contribution >= 4 is 16.0 Å². The van der Waals surface area contributed by atoms with Crippen molar-refractivity contribution in [2.75, 3.05) is 0 Å². The van der Waals surface area contributed by atoms with E-state index in [1.54, 1.807) is 6.92 Å². The lowest BCUT2D eigenvalue weighted by atomic mass is 10.2. The van der Waals surface area contributed by atoms with Crippen LogP contribution in [0.5, 0.6) is 0 Å². The summed E-state index contributed by atoms with van der Waals surface area (Å²) in [5.74, 6) is -1.22. The molecule has 0 saturated heterocycles. The average molecular weight is 285 g/mol. The fourth-order valence-electron chi connectivity index (χ4n) is 1.85. The van der Waals surface area contributed by atoms with Crippen LogP contribution in [0.15, 0.2) is 4.90 Å². The quantitative estimate of drug-likeness (QED) is 0.742. The fraction of sp³-hybridized carbons (Fsp3) is 0.455. The van der Waals surface area contributed by atoms with Gasteiger partial charge in [0.15, 0.2) is 0 Å². The molecule has 1 aromatic heterocycles. The molecule has 1 heterocycles. The third-order valence-electron chi connectivity index (χ3n) is 2.61. The molecule has 1 rings (SSSR count). The van der Waals surface area contributed by atoms with Gasteiger partial charge in [-0.1, -0.05) is 0 Å². The van der Waals surface area contributed by atoms with Crippen molar-refractivity contribution in [3.05, 3.63) is 17.0 Å². The van der Waals surface area contributed by atoms with Gasteiger partial charge in [-0.05, 0) is 20.8 Å². The van der Waals surface area contributed by atoms with Crippen LogP contribution in [0.4, 0.5) is 0 Å². The van der Waals surface area contributed by atoms with Crippen molar-refractivity contribution in [3.8, 4) is 6.07 Å². The van der Waals surface area contributed by atoms with E-state index in [0.29, 0.717) is 0 Å². The van der Waals surface area contributed by atoms with E-state index in [1.165, 1.54) is 13.8 Å². The van der Waals surface area contributed by atoms with E-state index < -0.39 is 22.0 Å². The molecular weight excluding hydrogens is 270 g/mol. The Morgan fingerprint density at radius 1 is 1.53 bits per heavy atom. The van der Waals surface area contributed by atoms with E-state index in [1.807, 2.05) is 6.07 Å². The summed E-state index contributed by atoms with van der Waals surface area (Å²) in [6.07, 6.45) is 0.0353. The second-order valence-electron chi connectivity index (χ2n) is 4.27. The molecule has 1 atom stereocenters. The number of carboxylic acids is 1. The summed E-state index contributed by atoms with van der Waals surface area (Å²) in [4.78, 5) is 13.4. The number of nitrogens with zero attached hydrogens (tertiary/aromatic N) is 1. The molecule has 0 saturated carbocycles. The Hall–Kier alpha value is -1.85. The highest BCUT2D eigenvalue weighted by molar-refractivity contribution is 7.89. The van der Waals surface area contributed by atoms with Crippen molar-refractivity contribution in [2.24, 2.45) is 0 Å². The van der Waals surface area contributed by atoms with Crippen LogP contribution < -0.4 is 4.72 Å². The number of aromatic amines is 1. The second kappa shape index (κ2) is 5.42. The number of aryl methyl sites for hydroxylation is 1. The summed E-state index contributed by atoms with van der Waals surface area (Å²) in [5.41, 5.74) is 0.263.